The van der Waals surface area contributed by atoms with E-state index in [4.69, 9.17) is 17.2 Å². The summed E-state index contributed by atoms with van der Waals surface area (Å²) in [6, 6.07) is -3.45. The van der Waals surface area contributed by atoms with E-state index in [-0.39, 0.29) is 29.9 Å². The molecule has 1 heterocycles. The molecule has 11 heteroatoms. The van der Waals surface area contributed by atoms with Crippen molar-refractivity contribution in [3.8, 4) is 0 Å². The minimum absolute atomic E-state index is 0. The number of carboxylic acid groups (broad SMARTS) is 1. The Balaban J connectivity index is 0.00000625. The first kappa shape index (κ1) is 24.2. The fourth-order valence-corrected chi connectivity index (χ4v) is 2.38. The van der Waals surface area contributed by atoms with Gasteiger partial charge in [0.1, 0.15) is 6.04 Å². The van der Waals surface area contributed by atoms with Crippen LogP contribution in [0.4, 0.5) is 0 Å². The van der Waals surface area contributed by atoms with Gasteiger partial charge < -0.3 is 27.3 Å². The molecular weight excluding hydrogens is 392 g/mol. The second kappa shape index (κ2) is 11.8. The fraction of sp³-hybridized carbons (Fsp3) is 0.600. The van der Waals surface area contributed by atoms with Gasteiger partial charge in [-0.1, -0.05) is 0 Å². The van der Waals surface area contributed by atoms with Gasteiger partial charge in [-0.15, -0.1) is 0 Å². The molecule has 1 aromatic rings. The average molecular weight is 418 g/mol. The number of hydrogen-bond donors (Lipinski definition) is 5. The van der Waals surface area contributed by atoms with Crippen LogP contribution in [0.5, 0.6) is 0 Å². The van der Waals surface area contributed by atoms with Crippen LogP contribution in [0.2, 0.25) is 0 Å². The van der Waals surface area contributed by atoms with E-state index in [1.54, 1.807) is 0 Å². The van der Waals surface area contributed by atoms with E-state index in [9.17, 15) is 19.5 Å². The molecular formula is C15H26CuN6O4. The van der Waals surface area contributed by atoms with Crippen molar-refractivity contribution in [1.29, 1.82) is 0 Å². The van der Waals surface area contributed by atoms with Crippen molar-refractivity contribution in [2.75, 3.05) is 6.54 Å². The predicted molar refractivity (Wildman–Crippen MR) is 90.1 cm³/mol. The number of rotatable bonds is 10. The van der Waals surface area contributed by atoms with Crippen molar-refractivity contribution in [1.82, 2.24) is 14.9 Å². The van der Waals surface area contributed by atoms with Gasteiger partial charge in [-0.2, -0.15) is 0 Å². The van der Waals surface area contributed by atoms with Gasteiger partial charge in [0.2, 0.25) is 11.8 Å². The predicted octanol–water partition coefficient (Wildman–Crippen LogP) is -1.44. The van der Waals surface area contributed by atoms with Crippen LogP contribution in [0.1, 0.15) is 31.9 Å². The third-order valence-corrected chi connectivity index (χ3v) is 3.70. The molecule has 0 aliphatic carbocycles. The summed E-state index contributed by atoms with van der Waals surface area (Å²) < 4.78 is 0. The Morgan fingerprint density at radius 3 is 2.38 bits per heavy atom. The Morgan fingerprint density at radius 1 is 1.27 bits per heavy atom. The van der Waals surface area contributed by atoms with Crippen LogP contribution < -0.4 is 17.2 Å². The number of aromatic nitrogens is 2. The third-order valence-electron chi connectivity index (χ3n) is 3.70. The summed E-state index contributed by atoms with van der Waals surface area (Å²) in [4.78, 5) is 44.0. The second-order valence-corrected chi connectivity index (χ2v) is 5.86. The number of H-pyrrole nitrogens is 1. The largest absolute Gasteiger partial charge is 0.480 e. The maximum absolute atomic E-state index is 12.7. The number of aliphatic carboxylic acids is 1. The SMILES string of the molecule is CC(N)C(=O)N(C(=O)C(N)Cc1cnc[nH]1)C(CCCCN)C(=O)O.[Cu]. The first-order chi connectivity index (χ1) is 11.8. The number of nitrogens with zero attached hydrogens (tertiary/aromatic N) is 2. The number of carbonyl (C=O) groups is 3. The summed E-state index contributed by atoms with van der Waals surface area (Å²) in [6.45, 7) is 1.78. The van der Waals surface area contributed by atoms with Crippen LogP contribution in [0, 0.1) is 0 Å². The summed E-state index contributed by atoms with van der Waals surface area (Å²) >= 11 is 0. The molecule has 1 aromatic heterocycles. The zero-order valence-electron chi connectivity index (χ0n) is 14.5. The summed E-state index contributed by atoms with van der Waals surface area (Å²) in [5.74, 6) is -2.84. The maximum atomic E-state index is 12.7. The maximum Gasteiger partial charge on any atom is 0.326 e. The number of amides is 2. The number of nitrogens with two attached hydrogens (primary N) is 3. The number of aromatic amines is 1. The monoisotopic (exact) mass is 417 g/mol. The molecule has 151 valence electrons. The average Bonchev–Trinajstić information content (AvgIpc) is 3.05. The molecule has 10 nitrogen and oxygen atoms in total. The van der Waals surface area contributed by atoms with Gasteiger partial charge in [-0.3, -0.25) is 14.5 Å². The van der Waals surface area contributed by atoms with E-state index in [1.165, 1.54) is 19.4 Å². The fourth-order valence-electron chi connectivity index (χ4n) is 2.38. The first-order valence-corrected chi connectivity index (χ1v) is 8.07. The Kier molecular flexibility index (Phi) is 11.0. The normalized spacial score (nSPS) is 14.0. The molecule has 0 saturated carbocycles. The third kappa shape index (κ3) is 6.85. The molecule has 2 amide bonds. The van der Waals surface area contributed by atoms with Gasteiger partial charge in [-0.25, -0.2) is 9.78 Å². The number of imide groups is 1. The Bertz CT molecular complexity index is 581. The van der Waals surface area contributed by atoms with Crippen LogP contribution in [0.15, 0.2) is 12.5 Å². The van der Waals surface area contributed by atoms with Gasteiger partial charge in [-0.05, 0) is 32.7 Å². The Morgan fingerprint density at radius 2 is 1.92 bits per heavy atom. The number of carboxylic acids is 1. The van der Waals surface area contributed by atoms with E-state index in [0.717, 1.165) is 0 Å². The van der Waals surface area contributed by atoms with Gasteiger partial charge in [0, 0.05) is 35.4 Å². The van der Waals surface area contributed by atoms with E-state index in [1.807, 2.05) is 0 Å². The number of carbonyl (C=O) groups excluding carboxylic acids is 2. The van der Waals surface area contributed by atoms with Crippen molar-refractivity contribution >= 4 is 17.8 Å². The van der Waals surface area contributed by atoms with Gasteiger partial charge in [0.15, 0.2) is 0 Å². The Labute approximate surface area is 162 Å². The van der Waals surface area contributed by atoms with E-state index >= 15 is 0 Å². The molecule has 0 fully saturated rings. The van der Waals surface area contributed by atoms with Crippen LogP contribution in [-0.2, 0) is 37.9 Å². The van der Waals surface area contributed by atoms with Crippen molar-refractivity contribution < 1.29 is 36.6 Å². The number of unbranched alkanes of at least 4 members (excludes halogenated alkanes) is 1. The summed E-state index contributed by atoms with van der Waals surface area (Å²) in [7, 11) is 0. The molecule has 0 aliphatic heterocycles. The van der Waals surface area contributed by atoms with Crippen LogP contribution >= 0.6 is 0 Å². The zero-order valence-corrected chi connectivity index (χ0v) is 15.5. The van der Waals surface area contributed by atoms with E-state index in [0.29, 0.717) is 30.0 Å². The summed E-state index contributed by atoms with van der Waals surface area (Å²) in [6.07, 6.45) is 4.16. The molecule has 0 aromatic carbocycles. The minimum Gasteiger partial charge on any atom is -0.480 e. The summed E-state index contributed by atoms with van der Waals surface area (Å²) in [5, 5.41) is 9.49. The van der Waals surface area contributed by atoms with Crippen LogP contribution in [-0.4, -0.2) is 62.4 Å². The molecule has 1 radical (unpaired) electrons. The quantitative estimate of drug-likeness (QED) is 0.226. The van der Waals surface area contributed by atoms with Gasteiger partial charge in [0.25, 0.3) is 0 Å². The first-order valence-electron chi connectivity index (χ1n) is 8.07. The smallest absolute Gasteiger partial charge is 0.326 e. The van der Waals surface area contributed by atoms with Crippen molar-refractivity contribution in [2.24, 2.45) is 17.2 Å². The molecule has 8 N–H and O–H groups in total. The molecule has 0 bridgehead atoms. The molecule has 3 atom stereocenters. The van der Waals surface area contributed by atoms with Gasteiger partial charge >= 0.3 is 5.97 Å². The van der Waals surface area contributed by atoms with Crippen molar-refractivity contribution in [2.45, 2.75) is 50.7 Å². The molecule has 1 rings (SSSR count). The van der Waals surface area contributed by atoms with E-state index in [2.05, 4.69) is 9.97 Å². The molecule has 0 saturated heterocycles. The van der Waals surface area contributed by atoms with Crippen molar-refractivity contribution in [3.05, 3.63) is 18.2 Å². The molecule has 0 aliphatic rings. The van der Waals surface area contributed by atoms with Gasteiger partial charge in [0.05, 0.1) is 18.4 Å². The zero-order chi connectivity index (χ0) is 19.0. The molecule has 0 spiro atoms. The standard InChI is InChI=1S/C15H26N6O4.Cu/c1-9(17)13(22)21(12(15(24)25)4-2-3-5-16)14(23)11(18)6-10-7-19-8-20-10;/h7-9,11-12H,2-6,16-18H2,1H3,(H,19,20)(H,24,25);. The number of hydrogen-bond acceptors (Lipinski definition) is 7. The van der Waals surface area contributed by atoms with Crippen LogP contribution in [0.3, 0.4) is 0 Å². The summed E-state index contributed by atoms with van der Waals surface area (Å²) in [5.41, 5.74) is 17.5. The minimum atomic E-state index is -1.33. The molecule has 26 heavy (non-hydrogen) atoms. The topological polar surface area (TPSA) is 181 Å². The van der Waals surface area contributed by atoms with Crippen LogP contribution in [0.25, 0.3) is 0 Å². The number of nitrogens with one attached hydrogen (secondary N) is 1. The second-order valence-electron chi connectivity index (χ2n) is 5.86. The molecule has 3 unspecified atom stereocenters. The Hall–Kier alpha value is -1.78. The number of imidazole rings is 1. The van der Waals surface area contributed by atoms with E-state index < -0.39 is 35.9 Å². The van der Waals surface area contributed by atoms with Crippen molar-refractivity contribution in [3.63, 3.8) is 0 Å².